The van der Waals surface area contributed by atoms with Gasteiger partial charge >= 0.3 is 0 Å². The van der Waals surface area contributed by atoms with Crippen molar-refractivity contribution in [3.63, 3.8) is 0 Å². The van der Waals surface area contributed by atoms with Crippen molar-refractivity contribution < 1.29 is 14.2 Å². The van der Waals surface area contributed by atoms with Crippen molar-refractivity contribution in [3.8, 4) is 5.75 Å². The number of aryl methyl sites for hydroxylation is 1. The lowest BCUT2D eigenvalue weighted by Gasteiger charge is -2.12. The molecule has 0 bridgehead atoms. The van der Waals surface area contributed by atoms with Gasteiger partial charge in [0.25, 0.3) is 0 Å². The van der Waals surface area contributed by atoms with Gasteiger partial charge in [0.1, 0.15) is 5.75 Å². The molecular formula is C12H16O3. The van der Waals surface area contributed by atoms with Crippen molar-refractivity contribution in [2.75, 3.05) is 20.3 Å². The van der Waals surface area contributed by atoms with E-state index in [1.165, 1.54) is 11.1 Å². The van der Waals surface area contributed by atoms with E-state index >= 15 is 0 Å². The van der Waals surface area contributed by atoms with Crippen LogP contribution in [-0.4, -0.2) is 26.6 Å². The third-order valence-electron chi connectivity index (χ3n) is 2.63. The van der Waals surface area contributed by atoms with Crippen molar-refractivity contribution in [2.24, 2.45) is 0 Å². The van der Waals surface area contributed by atoms with E-state index in [1.54, 1.807) is 7.11 Å². The summed E-state index contributed by atoms with van der Waals surface area (Å²) in [4.78, 5) is 0. The van der Waals surface area contributed by atoms with Gasteiger partial charge in [-0.3, -0.25) is 0 Å². The first-order chi connectivity index (χ1) is 7.29. The Morgan fingerprint density at radius 3 is 2.67 bits per heavy atom. The van der Waals surface area contributed by atoms with Crippen LogP contribution in [0.4, 0.5) is 0 Å². The van der Waals surface area contributed by atoms with Crippen LogP contribution in [0.2, 0.25) is 0 Å². The fraction of sp³-hybridized carbons (Fsp3) is 0.500. The number of ether oxygens (including phenoxy) is 3. The van der Waals surface area contributed by atoms with E-state index in [0.717, 1.165) is 12.2 Å². The smallest absolute Gasteiger partial charge is 0.161 e. The van der Waals surface area contributed by atoms with Crippen LogP contribution in [0.1, 0.15) is 11.1 Å². The first-order valence-electron chi connectivity index (χ1n) is 5.16. The molecule has 3 heteroatoms. The summed E-state index contributed by atoms with van der Waals surface area (Å²) in [6, 6.07) is 6.07. The minimum atomic E-state index is -0.0721. The molecule has 0 radical (unpaired) electrons. The molecule has 0 atom stereocenters. The van der Waals surface area contributed by atoms with Crippen molar-refractivity contribution in [2.45, 2.75) is 19.6 Å². The van der Waals surface area contributed by atoms with E-state index in [-0.39, 0.29) is 6.29 Å². The van der Waals surface area contributed by atoms with Gasteiger partial charge in [-0.25, -0.2) is 0 Å². The van der Waals surface area contributed by atoms with Crippen molar-refractivity contribution in [1.29, 1.82) is 0 Å². The molecule has 0 amide bonds. The van der Waals surface area contributed by atoms with Crippen molar-refractivity contribution in [3.05, 3.63) is 29.3 Å². The fourth-order valence-electron chi connectivity index (χ4n) is 1.73. The second-order valence-electron chi connectivity index (χ2n) is 3.67. The molecule has 1 heterocycles. The summed E-state index contributed by atoms with van der Waals surface area (Å²) in [5.41, 5.74) is 2.47. The van der Waals surface area contributed by atoms with Gasteiger partial charge in [0.05, 0.1) is 20.3 Å². The zero-order valence-electron chi connectivity index (χ0n) is 9.16. The summed E-state index contributed by atoms with van der Waals surface area (Å²) >= 11 is 0. The summed E-state index contributed by atoms with van der Waals surface area (Å²) in [5, 5.41) is 0. The molecule has 1 aromatic rings. The van der Waals surface area contributed by atoms with Crippen LogP contribution in [0, 0.1) is 6.92 Å². The lowest BCUT2D eigenvalue weighted by atomic mass is 10.1. The van der Waals surface area contributed by atoms with E-state index < -0.39 is 0 Å². The normalized spacial score (nSPS) is 16.9. The number of benzene rings is 1. The molecule has 82 valence electrons. The molecule has 1 fully saturated rings. The first-order valence-corrected chi connectivity index (χ1v) is 5.16. The van der Waals surface area contributed by atoms with Gasteiger partial charge in [-0.05, 0) is 30.2 Å². The molecule has 0 spiro atoms. The molecule has 3 nitrogen and oxygen atoms in total. The Hall–Kier alpha value is -1.06. The van der Waals surface area contributed by atoms with E-state index in [9.17, 15) is 0 Å². The highest BCUT2D eigenvalue weighted by Gasteiger charge is 2.17. The first kappa shape index (κ1) is 10.5. The fourth-order valence-corrected chi connectivity index (χ4v) is 1.73. The Bertz CT molecular complexity index is 330. The standard InChI is InChI=1S/C12H16O3/c1-9-7-11(13-2)4-3-10(9)8-12-14-5-6-15-12/h3-4,7,12H,5-6,8H2,1-2H3. The van der Waals surface area contributed by atoms with E-state index in [2.05, 4.69) is 13.0 Å². The van der Waals surface area contributed by atoms with Crippen molar-refractivity contribution in [1.82, 2.24) is 0 Å². The average molecular weight is 208 g/mol. The maximum atomic E-state index is 5.41. The second-order valence-corrected chi connectivity index (χ2v) is 3.67. The Morgan fingerprint density at radius 1 is 1.33 bits per heavy atom. The molecule has 15 heavy (non-hydrogen) atoms. The van der Waals surface area contributed by atoms with Crippen LogP contribution in [0.15, 0.2) is 18.2 Å². The van der Waals surface area contributed by atoms with Gasteiger partial charge < -0.3 is 14.2 Å². The summed E-state index contributed by atoms with van der Waals surface area (Å²) in [6.07, 6.45) is 0.743. The number of hydrogen-bond donors (Lipinski definition) is 0. The Kier molecular flexibility index (Phi) is 3.23. The minimum absolute atomic E-state index is 0.0721. The largest absolute Gasteiger partial charge is 0.497 e. The lowest BCUT2D eigenvalue weighted by Crippen LogP contribution is -2.12. The Labute approximate surface area is 90.0 Å². The third kappa shape index (κ3) is 2.49. The van der Waals surface area contributed by atoms with Gasteiger partial charge in [-0.2, -0.15) is 0 Å². The minimum Gasteiger partial charge on any atom is -0.497 e. The molecule has 0 aromatic heterocycles. The molecule has 0 unspecified atom stereocenters. The predicted molar refractivity (Wildman–Crippen MR) is 57.1 cm³/mol. The Balaban J connectivity index is 2.07. The van der Waals surface area contributed by atoms with Gasteiger partial charge in [0.15, 0.2) is 6.29 Å². The zero-order valence-corrected chi connectivity index (χ0v) is 9.16. The topological polar surface area (TPSA) is 27.7 Å². The van der Waals surface area contributed by atoms with Crippen LogP contribution < -0.4 is 4.74 Å². The average Bonchev–Trinajstić information content (AvgIpc) is 2.74. The monoisotopic (exact) mass is 208 g/mol. The summed E-state index contributed by atoms with van der Waals surface area (Å²) in [5.74, 6) is 0.893. The predicted octanol–water partition coefficient (Wildman–Crippen LogP) is 1.92. The molecule has 1 aromatic carbocycles. The van der Waals surface area contributed by atoms with Gasteiger partial charge in [-0.15, -0.1) is 0 Å². The van der Waals surface area contributed by atoms with Gasteiger partial charge in [-0.1, -0.05) is 6.07 Å². The molecule has 0 N–H and O–H groups in total. The molecule has 0 saturated carbocycles. The quantitative estimate of drug-likeness (QED) is 0.759. The van der Waals surface area contributed by atoms with Crippen LogP contribution in [0.3, 0.4) is 0 Å². The van der Waals surface area contributed by atoms with Crippen LogP contribution in [-0.2, 0) is 15.9 Å². The summed E-state index contributed by atoms with van der Waals surface area (Å²) in [7, 11) is 1.68. The second kappa shape index (κ2) is 4.64. The summed E-state index contributed by atoms with van der Waals surface area (Å²) in [6.45, 7) is 3.49. The highest BCUT2D eigenvalue weighted by atomic mass is 16.7. The summed E-state index contributed by atoms with van der Waals surface area (Å²) < 4.78 is 16.0. The van der Waals surface area contributed by atoms with E-state index in [0.29, 0.717) is 13.2 Å². The molecule has 2 rings (SSSR count). The molecular weight excluding hydrogens is 192 g/mol. The maximum Gasteiger partial charge on any atom is 0.161 e. The van der Waals surface area contributed by atoms with Crippen molar-refractivity contribution >= 4 is 0 Å². The molecule has 1 saturated heterocycles. The maximum absolute atomic E-state index is 5.41. The van der Waals surface area contributed by atoms with Gasteiger partial charge in [0, 0.05) is 6.42 Å². The third-order valence-corrected chi connectivity index (χ3v) is 2.63. The number of rotatable bonds is 3. The highest BCUT2D eigenvalue weighted by molar-refractivity contribution is 5.35. The molecule has 1 aliphatic heterocycles. The van der Waals surface area contributed by atoms with E-state index in [1.807, 2.05) is 12.1 Å². The Morgan fingerprint density at radius 2 is 2.07 bits per heavy atom. The SMILES string of the molecule is COc1ccc(CC2OCCO2)c(C)c1. The lowest BCUT2D eigenvalue weighted by molar-refractivity contribution is -0.0400. The number of hydrogen-bond acceptors (Lipinski definition) is 3. The van der Waals surface area contributed by atoms with E-state index in [4.69, 9.17) is 14.2 Å². The molecule has 1 aliphatic rings. The van der Waals surface area contributed by atoms with Crippen LogP contribution >= 0.6 is 0 Å². The highest BCUT2D eigenvalue weighted by Crippen LogP contribution is 2.20. The zero-order chi connectivity index (χ0) is 10.7. The van der Waals surface area contributed by atoms with Crippen LogP contribution in [0.5, 0.6) is 5.75 Å². The molecule has 0 aliphatic carbocycles. The van der Waals surface area contributed by atoms with Gasteiger partial charge in [0.2, 0.25) is 0 Å². The van der Waals surface area contributed by atoms with Crippen LogP contribution in [0.25, 0.3) is 0 Å². The number of methoxy groups -OCH3 is 1.